The molecule has 0 radical (unpaired) electrons. The second-order valence-electron chi connectivity index (χ2n) is 5.20. The highest BCUT2D eigenvalue weighted by Gasteiger charge is 2.13. The van der Waals surface area contributed by atoms with Crippen LogP contribution in [0.2, 0.25) is 0 Å². The smallest absolute Gasteiger partial charge is 0.238 e. The van der Waals surface area contributed by atoms with Crippen LogP contribution in [0.4, 0.5) is 10.1 Å². The molecule has 1 atom stereocenters. The lowest BCUT2D eigenvalue weighted by molar-refractivity contribution is 0.525. The van der Waals surface area contributed by atoms with Gasteiger partial charge in [-0.1, -0.05) is 13.8 Å². The molecule has 1 unspecified atom stereocenters. The number of rotatable bonds is 6. The maximum Gasteiger partial charge on any atom is 0.238 e. The zero-order chi connectivity index (χ0) is 14.6. The number of benzene rings is 1. The van der Waals surface area contributed by atoms with E-state index in [1.165, 1.54) is 12.1 Å². The number of sulfonamides is 1. The molecule has 108 valence electrons. The molecule has 0 aliphatic heterocycles. The van der Waals surface area contributed by atoms with Crippen LogP contribution in [-0.2, 0) is 10.0 Å². The molecule has 0 amide bonds. The normalized spacial score (nSPS) is 13.6. The van der Waals surface area contributed by atoms with Gasteiger partial charge in [-0.15, -0.1) is 0 Å². The van der Waals surface area contributed by atoms with Crippen molar-refractivity contribution in [2.45, 2.75) is 44.6 Å². The maximum atomic E-state index is 13.8. The fourth-order valence-electron chi connectivity index (χ4n) is 1.71. The highest BCUT2D eigenvalue weighted by molar-refractivity contribution is 7.89. The Morgan fingerprint density at radius 3 is 2.37 bits per heavy atom. The molecule has 1 aromatic rings. The second kappa shape index (κ2) is 6.34. The van der Waals surface area contributed by atoms with Crippen LogP contribution in [0.5, 0.6) is 0 Å². The third-order valence-corrected chi connectivity index (χ3v) is 3.76. The first-order chi connectivity index (χ1) is 8.70. The molecule has 0 bridgehead atoms. The number of hydrogen-bond acceptors (Lipinski definition) is 3. The van der Waals surface area contributed by atoms with E-state index >= 15 is 0 Å². The number of nitrogens with two attached hydrogens (primary N) is 1. The van der Waals surface area contributed by atoms with Crippen LogP contribution in [0.15, 0.2) is 23.1 Å². The summed E-state index contributed by atoms with van der Waals surface area (Å²) in [6.07, 6.45) is 1.97. The van der Waals surface area contributed by atoms with Gasteiger partial charge in [0.05, 0.1) is 10.6 Å². The lowest BCUT2D eigenvalue weighted by Crippen LogP contribution is -2.17. The first-order valence-corrected chi connectivity index (χ1v) is 7.83. The Morgan fingerprint density at radius 1 is 1.26 bits per heavy atom. The Bertz CT molecular complexity index is 529. The van der Waals surface area contributed by atoms with Gasteiger partial charge in [0.25, 0.3) is 0 Å². The molecule has 19 heavy (non-hydrogen) atoms. The van der Waals surface area contributed by atoms with Crippen LogP contribution in [-0.4, -0.2) is 14.5 Å². The molecular formula is C13H21FN2O2S. The van der Waals surface area contributed by atoms with Gasteiger partial charge in [0.1, 0.15) is 5.82 Å². The number of primary sulfonamides is 1. The molecule has 0 heterocycles. The summed E-state index contributed by atoms with van der Waals surface area (Å²) in [7, 11) is -3.86. The predicted octanol–water partition coefficient (Wildman–Crippen LogP) is 2.71. The van der Waals surface area contributed by atoms with Gasteiger partial charge in [-0.3, -0.25) is 0 Å². The second-order valence-corrected chi connectivity index (χ2v) is 6.76. The van der Waals surface area contributed by atoms with Gasteiger partial charge in [-0.2, -0.15) is 0 Å². The van der Waals surface area contributed by atoms with E-state index in [-0.39, 0.29) is 10.9 Å². The molecule has 0 saturated carbocycles. The van der Waals surface area contributed by atoms with Crippen molar-refractivity contribution in [1.29, 1.82) is 0 Å². The first kappa shape index (κ1) is 15.9. The summed E-state index contributed by atoms with van der Waals surface area (Å²) in [4.78, 5) is -0.217. The molecule has 0 aliphatic rings. The molecule has 6 heteroatoms. The molecule has 0 aliphatic carbocycles. The molecule has 1 aromatic carbocycles. The third kappa shape index (κ3) is 5.16. The quantitative estimate of drug-likeness (QED) is 0.845. The molecule has 0 fully saturated rings. The van der Waals surface area contributed by atoms with Gasteiger partial charge < -0.3 is 5.32 Å². The van der Waals surface area contributed by atoms with Crippen LogP contribution < -0.4 is 10.5 Å². The Kier molecular flexibility index (Phi) is 5.31. The van der Waals surface area contributed by atoms with Crippen LogP contribution in [0.3, 0.4) is 0 Å². The topological polar surface area (TPSA) is 72.2 Å². The number of hydrogen-bond donors (Lipinski definition) is 2. The first-order valence-electron chi connectivity index (χ1n) is 6.29. The van der Waals surface area contributed by atoms with Gasteiger partial charge in [0.2, 0.25) is 10.0 Å². The fourth-order valence-corrected chi connectivity index (χ4v) is 2.24. The predicted molar refractivity (Wildman–Crippen MR) is 74.9 cm³/mol. The average Bonchev–Trinajstić information content (AvgIpc) is 2.27. The van der Waals surface area contributed by atoms with Gasteiger partial charge in [0.15, 0.2) is 0 Å². The van der Waals surface area contributed by atoms with E-state index in [4.69, 9.17) is 5.14 Å². The molecule has 0 spiro atoms. The highest BCUT2D eigenvalue weighted by Crippen LogP contribution is 2.20. The molecular weight excluding hydrogens is 267 g/mol. The van der Waals surface area contributed by atoms with Crippen molar-refractivity contribution in [3.63, 3.8) is 0 Å². The number of halogens is 1. The van der Waals surface area contributed by atoms with E-state index < -0.39 is 15.8 Å². The summed E-state index contributed by atoms with van der Waals surface area (Å²) in [6.45, 7) is 6.23. The zero-order valence-corrected chi connectivity index (χ0v) is 12.3. The lowest BCUT2D eigenvalue weighted by atomic mass is 10.0. The third-order valence-electron chi connectivity index (χ3n) is 2.85. The zero-order valence-electron chi connectivity index (χ0n) is 11.5. The monoisotopic (exact) mass is 288 g/mol. The van der Waals surface area contributed by atoms with Crippen LogP contribution in [0.1, 0.15) is 33.6 Å². The summed E-state index contributed by atoms with van der Waals surface area (Å²) in [6, 6.07) is 3.76. The van der Waals surface area contributed by atoms with Crippen LogP contribution >= 0.6 is 0 Å². The summed E-state index contributed by atoms with van der Waals surface area (Å²) in [5, 5.41) is 7.98. The lowest BCUT2D eigenvalue weighted by Gasteiger charge is -2.17. The molecule has 3 N–H and O–H groups in total. The van der Waals surface area contributed by atoms with Gasteiger partial charge >= 0.3 is 0 Å². The van der Waals surface area contributed by atoms with Gasteiger partial charge in [-0.25, -0.2) is 17.9 Å². The van der Waals surface area contributed by atoms with E-state index in [2.05, 4.69) is 19.2 Å². The van der Waals surface area contributed by atoms with E-state index in [9.17, 15) is 12.8 Å². The minimum Gasteiger partial charge on any atom is -0.380 e. The molecule has 4 nitrogen and oxygen atoms in total. The molecule has 0 aromatic heterocycles. The minimum absolute atomic E-state index is 0.122. The Hall–Kier alpha value is -1.14. The molecule has 0 saturated heterocycles. The summed E-state index contributed by atoms with van der Waals surface area (Å²) >= 11 is 0. The minimum atomic E-state index is -3.86. The van der Waals surface area contributed by atoms with Crippen LogP contribution in [0.25, 0.3) is 0 Å². The van der Waals surface area contributed by atoms with Crippen LogP contribution in [0, 0.1) is 11.7 Å². The van der Waals surface area contributed by atoms with Gasteiger partial charge in [-0.05, 0) is 43.9 Å². The van der Waals surface area contributed by atoms with Crippen molar-refractivity contribution in [1.82, 2.24) is 0 Å². The average molecular weight is 288 g/mol. The Morgan fingerprint density at radius 2 is 1.89 bits per heavy atom. The summed E-state index contributed by atoms with van der Waals surface area (Å²) in [5.41, 5.74) is 0.295. The number of nitrogens with one attached hydrogen (secondary N) is 1. The summed E-state index contributed by atoms with van der Waals surface area (Å²) < 4.78 is 35.9. The van der Waals surface area contributed by atoms with E-state index in [0.29, 0.717) is 11.6 Å². The Labute approximate surface area is 114 Å². The Balaban J connectivity index is 2.75. The standard InChI is InChI=1S/C13H21FN2O2S/c1-9(2)4-5-10(3)16-13-7-6-11(8-12(13)14)19(15,17)18/h6-10,16H,4-5H2,1-3H3,(H2,15,17,18). The van der Waals surface area contributed by atoms with Crippen molar-refractivity contribution in [3.05, 3.63) is 24.0 Å². The van der Waals surface area contributed by atoms with Gasteiger partial charge in [0, 0.05) is 6.04 Å². The fraction of sp³-hybridized carbons (Fsp3) is 0.538. The van der Waals surface area contributed by atoms with Crippen molar-refractivity contribution in [2.75, 3.05) is 5.32 Å². The maximum absolute atomic E-state index is 13.8. The highest BCUT2D eigenvalue weighted by atomic mass is 32.2. The SMILES string of the molecule is CC(C)CCC(C)Nc1ccc(S(N)(=O)=O)cc1F. The molecule has 1 rings (SSSR count). The number of anilines is 1. The largest absolute Gasteiger partial charge is 0.380 e. The van der Waals surface area contributed by atoms with Crippen molar-refractivity contribution >= 4 is 15.7 Å². The van der Waals surface area contributed by atoms with E-state index in [1.807, 2.05) is 6.92 Å². The van der Waals surface area contributed by atoms with Crippen molar-refractivity contribution < 1.29 is 12.8 Å². The van der Waals surface area contributed by atoms with Crippen molar-refractivity contribution in [2.24, 2.45) is 11.1 Å². The van der Waals surface area contributed by atoms with E-state index in [0.717, 1.165) is 18.9 Å². The summed E-state index contributed by atoms with van der Waals surface area (Å²) in [5.74, 6) is -0.0122. The van der Waals surface area contributed by atoms with E-state index in [1.54, 1.807) is 0 Å². The van der Waals surface area contributed by atoms with Crippen molar-refractivity contribution in [3.8, 4) is 0 Å².